The summed E-state index contributed by atoms with van der Waals surface area (Å²) in [4.78, 5) is 0. The number of ether oxygens (including phenoxy) is 3. The maximum Gasteiger partial charge on any atom is 0.200 e. The lowest BCUT2D eigenvalue weighted by Crippen LogP contribution is -2.07. The smallest absolute Gasteiger partial charge is 0.200 e. The van der Waals surface area contributed by atoms with Gasteiger partial charge in [0, 0.05) is 24.7 Å². The molecule has 0 bridgehead atoms. The first-order chi connectivity index (χ1) is 54.6. The molecule has 12 rings (SSSR count). The fourth-order valence-corrected chi connectivity index (χ4v) is 12.2. The number of hydrogen-bond donors (Lipinski definition) is 0. The molecule has 0 fully saturated rings. The fourth-order valence-electron chi connectivity index (χ4n) is 12.2. The number of hydrogen-bond acceptors (Lipinski definition) is 3. The second-order valence-electron chi connectivity index (χ2n) is 28.7. The van der Waals surface area contributed by atoms with E-state index in [0.29, 0.717) is 18.8 Å². The van der Waals surface area contributed by atoms with Crippen LogP contribution in [0.4, 0.5) is 22.0 Å². The van der Waals surface area contributed by atoms with E-state index in [4.69, 9.17) is 14.2 Å². The molecule has 12 aromatic carbocycles. The summed E-state index contributed by atoms with van der Waals surface area (Å²) in [5.41, 5.74) is 13.3. The summed E-state index contributed by atoms with van der Waals surface area (Å²) in [5, 5.41) is 7.69. The van der Waals surface area contributed by atoms with Crippen LogP contribution in [0.15, 0.2) is 261 Å². The van der Waals surface area contributed by atoms with Gasteiger partial charge in [-0.25, -0.2) is 22.0 Å². The van der Waals surface area contributed by atoms with Crippen molar-refractivity contribution in [2.45, 2.75) is 230 Å². The van der Waals surface area contributed by atoms with Gasteiger partial charge in [0.2, 0.25) is 5.82 Å². The molecular weight excluding hydrogens is 1390 g/mol. The Morgan fingerprint density at radius 1 is 0.286 bits per heavy atom. The number of rotatable bonds is 31. The molecule has 0 aliphatic heterocycles. The average molecular weight is 1520 g/mol. The Labute approximate surface area is 671 Å². The summed E-state index contributed by atoms with van der Waals surface area (Å²) in [6, 6.07) is 92.3. The van der Waals surface area contributed by atoms with Crippen LogP contribution in [-0.2, 0) is 48.4 Å². The molecule has 0 spiro atoms. The molecule has 0 saturated carbocycles. The van der Waals surface area contributed by atoms with Gasteiger partial charge >= 0.3 is 0 Å². The molecule has 0 aromatic heterocycles. The number of halogens is 5. The first-order valence-electron chi connectivity index (χ1n) is 41.6. The number of unbranched alkanes of at least 4 members (excludes halogenated alkanes) is 8. The lowest BCUT2D eigenvalue weighted by atomic mass is 9.87. The van der Waals surface area contributed by atoms with Crippen LogP contribution >= 0.6 is 0 Å². The van der Waals surface area contributed by atoms with Crippen molar-refractivity contribution in [1.29, 1.82) is 0 Å². The molecule has 3 nitrogen and oxygen atoms in total. The van der Waals surface area contributed by atoms with Gasteiger partial charge in [-0.05, 0) is 198 Å². The lowest BCUT2D eigenvalue weighted by Gasteiger charge is -2.17. The Balaban J connectivity index is 0.000000230. The zero-order chi connectivity index (χ0) is 80.8. The van der Waals surface area contributed by atoms with Crippen molar-refractivity contribution in [1.82, 2.24) is 0 Å². The van der Waals surface area contributed by atoms with Gasteiger partial charge in [-0.2, -0.15) is 0 Å². The van der Waals surface area contributed by atoms with E-state index in [1.165, 1.54) is 184 Å². The highest BCUT2D eigenvalue weighted by Gasteiger charge is 2.25. The quantitative estimate of drug-likeness (QED) is 0.0188. The van der Waals surface area contributed by atoms with Crippen LogP contribution < -0.4 is 4.74 Å². The average Bonchev–Trinajstić information content (AvgIpc) is 0.797. The van der Waals surface area contributed by atoms with Crippen LogP contribution in [0, 0.1) is 49.9 Å². The second-order valence-corrected chi connectivity index (χ2v) is 28.7. The van der Waals surface area contributed by atoms with Crippen molar-refractivity contribution in [3.8, 4) is 5.75 Å². The topological polar surface area (TPSA) is 27.7 Å². The van der Waals surface area contributed by atoms with Gasteiger partial charge in [0.15, 0.2) is 23.3 Å². The largest absolute Gasteiger partial charge is 0.494 e. The zero-order valence-corrected chi connectivity index (χ0v) is 69.4. The summed E-state index contributed by atoms with van der Waals surface area (Å²) in [5.74, 6) is -7.77. The van der Waals surface area contributed by atoms with E-state index < -0.39 is 34.6 Å². The maximum atomic E-state index is 13.0. The highest BCUT2D eigenvalue weighted by atomic mass is 19.2. The molecule has 8 heteroatoms. The third-order valence-corrected chi connectivity index (χ3v) is 19.3. The third-order valence-electron chi connectivity index (χ3n) is 19.3. The SMILES string of the molecule is CCCCC(c1ccccc1)c1ccccc1.CCCCOCc1ccc2ccccc2c1.CCCCOCc1cccc2ccccc12.CCCCOc1ccc2ccccc2c1.CCCCc1c(F)c(F)c(F)c(F)c1F.CCCCc1ccc(C)c(C)c1.CCCCc1ccc(C)cc1.CCCCc1ccccc1. The molecule has 0 saturated heterocycles. The fraction of sp³-hybridized carbons (Fsp3) is 0.365. The molecular formula is C104H129F5O3. The van der Waals surface area contributed by atoms with Crippen molar-refractivity contribution in [3.63, 3.8) is 0 Å². The summed E-state index contributed by atoms with van der Waals surface area (Å²) in [6.45, 7) is 27.7. The normalized spacial score (nSPS) is 10.5. The van der Waals surface area contributed by atoms with Crippen molar-refractivity contribution >= 4 is 32.3 Å². The Morgan fingerprint density at radius 3 is 1.23 bits per heavy atom. The summed E-state index contributed by atoms with van der Waals surface area (Å²) >= 11 is 0. The van der Waals surface area contributed by atoms with Crippen molar-refractivity contribution in [2.24, 2.45) is 0 Å². The number of benzene rings is 12. The predicted octanol–water partition coefficient (Wildman–Crippen LogP) is 31.1. The zero-order valence-electron chi connectivity index (χ0n) is 69.4. The first kappa shape index (κ1) is 93.4. The van der Waals surface area contributed by atoms with Crippen LogP contribution in [0.2, 0.25) is 0 Å². The van der Waals surface area contributed by atoms with E-state index in [1.54, 1.807) is 6.92 Å². The molecule has 12 aromatic rings. The third kappa shape index (κ3) is 35.6. The Hall–Kier alpha value is -9.21. The Bertz CT molecular complexity index is 4350. The highest BCUT2D eigenvalue weighted by molar-refractivity contribution is 5.86. The molecule has 0 unspecified atom stereocenters. The predicted molar refractivity (Wildman–Crippen MR) is 470 cm³/mol. The van der Waals surface area contributed by atoms with Gasteiger partial charge in [-0.3, -0.25) is 0 Å². The van der Waals surface area contributed by atoms with E-state index in [0.717, 1.165) is 58.0 Å². The lowest BCUT2D eigenvalue weighted by molar-refractivity contribution is 0.118. The van der Waals surface area contributed by atoms with Gasteiger partial charge in [0.1, 0.15) is 5.75 Å². The summed E-state index contributed by atoms with van der Waals surface area (Å²) in [7, 11) is 0. The van der Waals surface area contributed by atoms with Crippen molar-refractivity contribution in [3.05, 3.63) is 351 Å². The van der Waals surface area contributed by atoms with Crippen LogP contribution in [0.3, 0.4) is 0 Å². The molecule has 0 aliphatic carbocycles. The number of fused-ring (bicyclic) bond motifs is 3. The van der Waals surface area contributed by atoms with Crippen LogP contribution in [0.25, 0.3) is 32.3 Å². The van der Waals surface area contributed by atoms with Crippen molar-refractivity contribution in [2.75, 3.05) is 19.8 Å². The second kappa shape index (κ2) is 56.9. The van der Waals surface area contributed by atoms with Gasteiger partial charge in [-0.1, -0.05) is 361 Å². The number of aryl methyl sites for hydroxylation is 6. The summed E-state index contributed by atoms with van der Waals surface area (Å²) in [6.07, 6.45) is 23.1. The molecule has 112 heavy (non-hydrogen) atoms. The van der Waals surface area contributed by atoms with E-state index in [2.05, 4.69) is 324 Å². The first-order valence-corrected chi connectivity index (χ1v) is 41.6. The van der Waals surface area contributed by atoms with Crippen LogP contribution in [-0.4, -0.2) is 19.8 Å². The van der Waals surface area contributed by atoms with E-state index in [-0.39, 0.29) is 6.42 Å². The molecule has 0 aliphatic rings. The van der Waals surface area contributed by atoms with Gasteiger partial charge in [0.05, 0.1) is 19.8 Å². The molecule has 0 radical (unpaired) electrons. The maximum absolute atomic E-state index is 13.0. The van der Waals surface area contributed by atoms with Crippen LogP contribution in [0.1, 0.15) is 232 Å². The van der Waals surface area contributed by atoms with Gasteiger partial charge in [0.25, 0.3) is 0 Å². The van der Waals surface area contributed by atoms with Gasteiger partial charge < -0.3 is 14.2 Å². The minimum Gasteiger partial charge on any atom is -0.494 e. The van der Waals surface area contributed by atoms with Gasteiger partial charge in [-0.15, -0.1) is 0 Å². The van der Waals surface area contributed by atoms with E-state index >= 15 is 0 Å². The Kier molecular flexibility index (Phi) is 47.5. The summed E-state index contributed by atoms with van der Waals surface area (Å²) < 4.78 is 80.9. The molecule has 0 amide bonds. The van der Waals surface area contributed by atoms with Crippen LogP contribution in [0.5, 0.6) is 5.75 Å². The minimum absolute atomic E-state index is 0.151. The molecule has 0 heterocycles. The minimum atomic E-state index is -2.11. The molecule has 0 N–H and O–H groups in total. The van der Waals surface area contributed by atoms with E-state index in [1.807, 2.05) is 6.07 Å². The molecule has 598 valence electrons. The molecule has 0 atom stereocenters. The van der Waals surface area contributed by atoms with Crippen molar-refractivity contribution < 1.29 is 36.2 Å². The Morgan fingerprint density at radius 2 is 0.696 bits per heavy atom. The standard InChI is InChI=1S/C17H20.2C15H18O.C14H16O.C12H18.C11H16.C10H9F5.C10H14/c1-2-3-14-17(15-10-6-4-7-11-15)16-12-8-5-9-13-16;1-2-3-11-16-12-14-9-6-8-13-7-4-5-10-15(13)14;1-2-3-10-16-12-13-8-9-14-6-4-5-7-15(14)11-13;1-2-3-10-15-14-9-8-12-6-4-5-7-13(12)11-14;1-4-5-6-12-8-7-10(2)11(3)9-12;1-3-4-5-11-8-6-10(2)7-9-11;1-2-3-4-5-6(11)8(13)10(15)9(14)7(5)12;1-2-3-7-10-8-5-4-6-9-10/h4-13,17H,2-3,14H2,1H3;4-10H,2-3,11-12H2,1H3;4-9,11H,2-3,10,12H2,1H3;4-9,11H,2-3,10H2,1H3;7-9H,4-6H2,1-3H3;6-9H,3-5H2,1-2H3;2-4H2,1H3;4-6,8-9H,2-3,7H2,1H3. The monoisotopic (exact) mass is 1520 g/mol. The van der Waals surface area contributed by atoms with E-state index in [9.17, 15) is 22.0 Å². The highest BCUT2D eigenvalue weighted by Crippen LogP contribution is 2.30.